The van der Waals surface area contributed by atoms with E-state index in [2.05, 4.69) is 4.72 Å². The number of anilines is 1. The van der Waals surface area contributed by atoms with Crippen molar-refractivity contribution in [1.82, 2.24) is 4.98 Å². The molecule has 0 radical (unpaired) electrons. The maximum absolute atomic E-state index is 14.7. The second-order valence-corrected chi connectivity index (χ2v) is 11.7. The summed E-state index contributed by atoms with van der Waals surface area (Å²) in [4.78, 5) is 5.08. The minimum Gasteiger partial charge on any atom is -0.454 e. The monoisotopic (exact) mass is 556 g/mol. The van der Waals surface area contributed by atoms with Gasteiger partial charge in [0.1, 0.15) is 11.6 Å². The number of aryl methyl sites for hydroxylation is 1. The molecule has 3 N–H and O–H groups in total. The number of halogens is 2. The van der Waals surface area contributed by atoms with Gasteiger partial charge in [-0.1, -0.05) is 25.3 Å². The van der Waals surface area contributed by atoms with Crippen molar-refractivity contribution in [2.45, 2.75) is 83.2 Å². The number of aliphatic hydroxyl groups is 1. The van der Waals surface area contributed by atoms with Crippen LogP contribution in [0.25, 0.3) is 11.1 Å². The Hall–Kier alpha value is -2.88. The fraction of sp³-hybridized carbons (Fsp3) is 0.433. The van der Waals surface area contributed by atoms with Crippen LogP contribution in [-0.2, 0) is 29.7 Å². The zero-order chi connectivity index (χ0) is 27.7. The molecule has 0 aliphatic heterocycles. The van der Waals surface area contributed by atoms with Crippen LogP contribution in [0.1, 0.15) is 87.2 Å². The van der Waals surface area contributed by atoms with E-state index < -0.39 is 28.5 Å². The van der Waals surface area contributed by atoms with Gasteiger partial charge in [-0.25, -0.2) is 13.0 Å². The first-order valence-electron chi connectivity index (χ1n) is 13.5. The third-order valence-electron chi connectivity index (χ3n) is 7.75. The van der Waals surface area contributed by atoms with Crippen LogP contribution >= 0.6 is 0 Å². The minimum atomic E-state index is -2.37. The van der Waals surface area contributed by atoms with Gasteiger partial charge in [0, 0.05) is 28.8 Å². The molecule has 6 nitrogen and oxygen atoms in total. The molecule has 1 fully saturated rings. The van der Waals surface area contributed by atoms with Gasteiger partial charge in [0.25, 0.3) is 11.3 Å². The summed E-state index contributed by atoms with van der Waals surface area (Å²) in [6.45, 7) is 3.34. The molecule has 1 atom stereocenters. The molecule has 9 heteroatoms. The van der Waals surface area contributed by atoms with E-state index in [0.717, 1.165) is 80.5 Å². The van der Waals surface area contributed by atoms with E-state index >= 15 is 0 Å². The average Bonchev–Trinajstić information content (AvgIpc) is 2.90. The number of nitrogens with one attached hydrogen (secondary N) is 1. The number of hydrogen-bond donors (Lipinski definition) is 3. The number of pyridine rings is 1. The van der Waals surface area contributed by atoms with Crippen LogP contribution < -0.4 is 9.46 Å². The van der Waals surface area contributed by atoms with Crippen LogP contribution in [0, 0.1) is 11.6 Å². The average molecular weight is 557 g/mol. The van der Waals surface area contributed by atoms with Crippen molar-refractivity contribution < 1.29 is 27.4 Å². The molecule has 0 bridgehead atoms. The fourth-order valence-corrected chi connectivity index (χ4v) is 6.17. The molecule has 2 aliphatic rings. The van der Waals surface area contributed by atoms with E-state index in [1.165, 1.54) is 6.07 Å². The second kappa shape index (κ2) is 11.3. The third kappa shape index (κ3) is 6.00. The molecule has 208 valence electrons. The number of ether oxygens (including phenoxy) is 1. The lowest BCUT2D eigenvalue weighted by Gasteiger charge is -2.30. The third-order valence-corrected chi connectivity index (χ3v) is 8.13. The van der Waals surface area contributed by atoms with Crippen molar-refractivity contribution in [3.05, 3.63) is 70.5 Å². The number of fused-ring (bicyclic) bond motifs is 1. The Bertz CT molecular complexity index is 1400. The van der Waals surface area contributed by atoms with Gasteiger partial charge in [-0.05, 0) is 87.8 Å². The van der Waals surface area contributed by atoms with Crippen LogP contribution in [0.5, 0.6) is 11.5 Å². The molecule has 5 rings (SSSR count). The zero-order valence-corrected chi connectivity index (χ0v) is 23.0. The molecule has 0 saturated heterocycles. The van der Waals surface area contributed by atoms with Gasteiger partial charge in [0.05, 0.1) is 17.0 Å². The standard InChI is InChI=1S/C30H34F2N2O4S/c1-30(2,35)19-12-14-25(38-26-15-13-20(31)17-23(26)32)22(16-19)27-21-10-6-7-11-24(21)33-28(29(27)34-39(36)37)18-8-4-3-5-9-18/h12-18,34-35H,3-11H2,1-2H3,(H,36,37). The van der Waals surface area contributed by atoms with Crippen molar-refractivity contribution in [2.24, 2.45) is 0 Å². The molecule has 0 spiro atoms. The summed E-state index contributed by atoms with van der Waals surface area (Å²) in [5.41, 5.74) is 3.78. The molecule has 1 saturated carbocycles. The summed E-state index contributed by atoms with van der Waals surface area (Å²) in [7, 11) is 0. The van der Waals surface area contributed by atoms with Gasteiger partial charge < -0.3 is 9.84 Å². The summed E-state index contributed by atoms with van der Waals surface area (Å²) < 4.78 is 59.4. The molecular weight excluding hydrogens is 522 g/mol. The van der Waals surface area contributed by atoms with Gasteiger partial charge in [0.2, 0.25) is 0 Å². The lowest BCUT2D eigenvalue weighted by Crippen LogP contribution is -2.19. The highest BCUT2D eigenvalue weighted by Crippen LogP contribution is 2.48. The van der Waals surface area contributed by atoms with Gasteiger partial charge in [0.15, 0.2) is 11.6 Å². The molecule has 2 aromatic carbocycles. The predicted octanol–water partition coefficient (Wildman–Crippen LogP) is 7.52. The highest BCUT2D eigenvalue weighted by Gasteiger charge is 2.31. The Labute approximate surface area is 230 Å². The van der Waals surface area contributed by atoms with E-state index in [1.807, 2.05) is 0 Å². The Morgan fingerprint density at radius 2 is 1.72 bits per heavy atom. The van der Waals surface area contributed by atoms with E-state index in [0.29, 0.717) is 28.8 Å². The number of rotatable bonds is 7. The molecule has 39 heavy (non-hydrogen) atoms. The molecular formula is C30H34F2N2O4S. The molecule has 2 aliphatic carbocycles. The van der Waals surface area contributed by atoms with Crippen molar-refractivity contribution in [1.29, 1.82) is 0 Å². The topological polar surface area (TPSA) is 91.7 Å². The Morgan fingerprint density at radius 1 is 1.00 bits per heavy atom. The number of nitrogens with zero attached hydrogens (tertiary/aromatic N) is 1. The largest absolute Gasteiger partial charge is 0.454 e. The Balaban J connectivity index is 1.79. The summed E-state index contributed by atoms with van der Waals surface area (Å²) in [5, 5.41) is 10.9. The van der Waals surface area contributed by atoms with Crippen LogP contribution in [0.4, 0.5) is 14.5 Å². The summed E-state index contributed by atoms with van der Waals surface area (Å²) >= 11 is -2.37. The predicted molar refractivity (Wildman–Crippen MR) is 148 cm³/mol. The first-order valence-corrected chi connectivity index (χ1v) is 14.7. The number of benzene rings is 2. The highest BCUT2D eigenvalue weighted by molar-refractivity contribution is 7.80. The maximum atomic E-state index is 14.7. The summed E-state index contributed by atoms with van der Waals surface area (Å²) in [5.74, 6) is -1.29. The van der Waals surface area contributed by atoms with Crippen molar-refractivity contribution in [3.63, 3.8) is 0 Å². The maximum Gasteiger partial charge on any atom is 0.259 e. The number of hydrogen-bond acceptors (Lipinski definition) is 4. The van der Waals surface area contributed by atoms with E-state index in [1.54, 1.807) is 32.0 Å². The fourth-order valence-electron chi connectivity index (χ4n) is 5.79. The Kier molecular flexibility index (Phi) is 8.03. The Morgan fingerprint density at radius 3 is 2.41 bits per heavy atom. The van der Waals surface area contributed by atoms with Crippen LogP contribution in [0.3, 0.4) is 0 Å². The quantitative estimate of drug-likeness (QED) is 0.262. The zero-order valence-electron chi connectivity index (χ0n) is 22.2. The molecule has 0 amide bonds. The first-order chi connectivity index (χ1) is 18.6. The van der Waals surface area contributed by atoms with E-state index in [9.17, 15) is 22.6 Å². The normalized spacial score (nSPS) is 17.0. The molecule has 3 aromatic rings. The molecule has 1 unspecified atom stereocenters. The van der Waals surface area contributed by atoms with E-state index in [-0.39, 0.29) is 17.4 Å². The van der Waals surface area contributed by atoms with Crippen molar-refractivity contribution >= 4 is 17.0 Å². The smallest absolute Gasteiger partial charge is 0.259 e. The highest BCUT2D eigenvalue weighted by atomic mass is 32.2. The van der Waals surface area contributed by atoms with Gasteiger partial charge in [-0.2, -0.15) is 0 Å². The minimum absolute atomic E-state index is 0.132. The molecule has 1 aromatic heterocycles. The van der Waals surface area contributed by atoms with E-state index in [4.69, 9.17) is 9.72 Å². The van der Waals surface area contributed by atoms with Crippen LogP contribution in [0.15, 0.2) is 36.4 Å². The van der Waals surface area contributed by atoms with Crippen LogP contribution in [-0.4, -0.2) is 18.9 Å². The van der Waals surface area contributed by atoms with Crippen molar-refractivity contribution in [2.75, 3.05) is 4.72 Å². The first kappa shape index (κ1) is 27.7. The van der Waals surface area contributed by atoms with Gasteiger partial charge in [-0.3, -0.25) is 14.3 Å². The van der Waals surface area contributed by atoms with Gasteiger partial charge >= 0.3 is 0 Å². The summed E-state index contributed by atoms with van der Waals surface area (Å²) in [6.07, 6.45) is 8.58. The van der Waals surface area contributed by atoms with Gasteiger partial charge in [-0.15, -0.1) is 0 Å². The lowest BCUT2D eigenvalue weighted by atomic mass is 9.81. The van der Waals surface area contributed by atoms with Crippen molar-refractivity contribution in [3.8, 4) is 22.6 Å². The molecule has 1 heterocycles. The van der Waals surface area contributed by atoms with Crippen LogP contribution in [0.2, 0.25) is 0 Å². The summed E-state index contributed by atoms with van der Waals surface area (Å²) in [6, 6.07) is 8.26. The number of aromatic nitrogens is 1. The lowest BCUT2D eigenvalue weighted by molar-refractivity contribution is 0.0786. The SMILES string of the molecule is CC(C)(O)c1ccc(Oc2ccc(F)cc2F)c(-c2c3c(nc(C4CCCCC4)c2NS(=O)O)CCCC3)c1. The second-order valence-electron chi connectivity index (χ2n) is 11.0.